The molecule has 4 rings (SSSR count). The van der Waals surface area contributed by atoms with Crippen molar-refractivity contribution in [1.29, 1.82) is 0 Å². The molecule has 1 heterocycles. The molecule has 0 amide bonds. The molecule has 2 heteroatoms. The summed E-state index contributed by atoms with van der Waals surface area (Å²) in [4.78, 5) is 1.40. The van der Waals surface area contributed by atoms with Crippen LogP contribution >= 0.6 is 10.5 Å². The Hall–Kier alpha value is -1.83. The minimum atomic E-state index is 0. The van der Waals surface area contributed by atoms with Crippen molar-refractivity contribution in [3.8, 4) is 4.90 Å². The minimum absolute atomic E-state index is 0. The molecule has 98 valence electrons. The highest BCUT2D eigenvalue weighted by molar-refractivity contribution is 7.50. The van der Waals surface area contributed by atoms with Gasteiger partial charge in [0.2, 0.25) is 0 Å². The second-order valence-electron chi connectivity index (χ2n) is 4.61. The van der Waals surface area contributed by atoms with Gasteiger partial charge in [-0.15, -0.1) is 0 Å². The van der Waals surface area contributed by atoms with Gasteiger partial charge < -0.3 is 12.4 Å². The number of benzene rings is 3. The minimum Gasteiger partial charge on any atom is -1.00 e. The summed E-state index contributed by atoms with van der Waals surface area (Å²) < 4.78 is 2.91. The summed E-state index contributed by atoms with van der Waals surface area (Å²) in [7, 11) is 0.0594. The van der Waals surface area contributed by atoms with Gasteiger partial charge in [0.25, 0.3) is 0 Å². The second kappa shape index (κ2) is 5.28. The summed E-state index contributed by atoms with van der Waals surface area (Å²) in [5, 5.41) is 2.79. The Kier molecular flexibility index (Phi) is 3.47. The van der Waals surface area contributed by atoms with E-state index in [1.54, 1.807) is 0 Å². The number of rotatable bonds is 1. The monoisotopic (exact) mass is 296 g/mol. The van der Waals surface area contributed by atoms with Crippen LogP contribution < -0.4 is 12.4 Å². The van der Waals surface area contributed by atoms with Gasteiger partial charge in [0.1, 0.15) is 0 Å². The molecule has 0 aliphatic heterocycles. The maximum atomic E-state index is 2.27. The lowest BCUT2D eigenvalue weighted by Crippen LogP contribution is -3.00. The Morgan fingerprint density at radius 3 is 1.50 bits per heavy atom. The lowest BCUT2D eigenvalue weighted by molar-refractivity contribution is -0.00000347. The van der Waals surface area contributed by atoms with Crippen LogP contribution in [0.1, 0.15) is 0 Å². The molecule has 1 aromatic heterocycles. The third kappa shape index (κ3) is 1.91. The molecule has 0 unspecified atom stereocenters. The van der Waals surface area contributed by atoms with E-state index < -0.39 is 0 Å². The quantitative estimate of drug-likeness (QED) is 0.474. The van der Waals surface area contributed by atoms with Gasteiger partial charge in [0.15, 0.2) is 14.3 Å². The highest BCUT2D eigenvalue weighted by atomic mass is 35.5. The molecule has 0 fully saturated rings. The third-order valence-corrected chi connectivity index (χ3v) is 5.82. The molecule has 0 N–H and O–H groups in total. The summed E-state index contributed by atoms with van der Waals surface area (Å²) in [5.74, 6) is 0. The maximum absolute atomic E-state index is 2.27. The zero-order valence-corrected chi connectivity index (χ0v) is 12.4. The molecule has 4 aromatic rings. The molecule has 0 aliphatic carbocycles. The van der Waals surface area contributed by atoms with Crippen LogP contribution in [-0.2, 0) is 0 Å². The summed E-state index contributed by atoms with van der Waals surface area (Å²) in [6.07, 6.45) is 0. The van der Waals surface area contributed by atoms with E-state index in [1.807, 2.05) is 0 Å². The van der Waals surface area contributed by atoms with Crippen LogP contribution in [0.3, 0.4) is 0 Å². The maximum Gasteiger partial charge on any atom is 0.187 e. The Morgan fingerprint density at radius 2 is 0.950 bits per heavy atom. The van der Waals surface area contributed by atoms with E-state index in [2.05, 4.69) is 78.9 Å². The molecular weight excluding hydrogens is 284 g/mol. The van der Waals surface area contributed by atoms with E-state index in [4.69, 9.17) is 0 Å². The molecule has 0 atom stereocenters. The number of hydrogen-bond donors (Lipinski definition) is 0. The van der Waals surface area contributed by atoms with Crippen LogP contribution in [-0.4, -0.2) is 0 Å². The topological polar surface area (TPSA) is 0 Å². The molecule has 20 heavy (non-hydrogen) atoms. The molecule has 0 aliphatic rings. The molecule has 0 nitrogen and oxygen atoms in total. The number of hydrogen-bond acceptors (Lipinski definition) is 0. The van der Waals surface area contributed by atoms with Crippen LogP contribution in [0, 0.1) is 0 Å². The summed E-state index contributed by atoms with van der Waals surface area (Å²) in [6, 6.07) is 28.4. The lowest BCUT2D eigenvalue weighted by Gasteiger charge is -1.91. The van der Waals surface area contributed by atoms with E-state index in [1.165, 1.54) is 25.1 Å². The largest absolute Gasteiger partial charge is 1.00 e. The van der Waals surface area contributed by atoms with E-state index in [9.17, 15) is 0 Å². The zero-order chi connectivity index (χ0) is 12.7. The predicted molar refractivity (Wildman–Crippen MR) is 85.3 cm³/mol. The molecule has 3 aromatic carbocycles. The van der Waals surface area contributed by atoms with E-state index >= 15 is 0 Å². The first-order chi connectivity index (χ1) is 9.45. The Bertz CT molecular complexity index is 809. The van der Waals surface area contributed by atoms with Crippen LogP contribution in [0.5, 0.6) is 0 Å². The average molecular weight is 297 g/mol. The molecule has 0 spiro atoms. The zero-order valence-electron chi connectivity index (χ0n) is 10.8. The highest BCUT2D eigenvalue weighted by Gasteiger charge is 2.22. The molecular formula is C18H13ClS. The summed E-state index contributed by atoms with van der Waals surface area (Å²) in [6.45, 7) is 0. The van der Waals surface area contributed by atoms with Gasteiger partial charge in [-0.05, 0) is 36.4 Å². The lowest BCUT2D eigenvalue weighted by atomic mass is 10.2. The Labute approximate surface area is 127 Å². The van der Waals surface area contributed by atoms with Gasteiger partial charge >= 0.3 is 0 Å². The Morgan fingerprint density at radius 1 is 0.500 bits per heavy atom. The van der Waals surface area contributed by atoms with Gasteiger partial charge in [-0.25, -0.2) is 0 Å². The standard InChI is InChI=1S/C18H13S.ClH/c1-2-8-14(9-3-1)19-17-12-6-4-10-15(17)16-11-5-7-13-18(16)19;/h1-13H;1H/q+1;/p-1. The second-order valence-corrected chi connectivity index (χ2v) is 6.57. The van der Waals surface area contributed by atoms with Crippen molar-refractivity contribution in [3.63, 3.8) is 0 Å². The van der Waals surface area contributed by atoms with Gasteiger partial charge in [-0.2, -0.15) is 0 Å². The first-order valence-corrected chi connectivity index (χ1v) is 7.65. The van der Waals surface area contributed by atoms with E-state index in [0.717, 1.165) is 0 Å². The summed E-state index contributed by atoms with van der Waals surface area (Å²) >= 11 is 0. The van der Waals surface area contributed by atoms with Crippen molar-refractivity contribution in [2.75, 3.05) is 0 Å². The molecule has 0 bridgehead atoms. The van der Waals surface area contributed by atoms with Gasteiger partial charge in [0.05, 0.1) is 0 Å². The summed E-state index contributed by atoms with van der Waals surface area (Å²) in [5.41, 5.74) is 0. The molecule has 0 radical (unpaired) electrons. The normalized spacial score (nSPS) is 10.6. The number of halogens is 1. The molecule has 0 saturated carbocycles. The van der Waals surface area contributed by atoms with Crippen LogP contribution in [0.2, 0.25) is 0 Å². The van der Waals surface area contributed by atoms with Crippen molar-refractivity contribution in [3.05, 3.63) is 78.9 Å². The first kappa shape index (κ1) is 13.2. The van der Waals surface area contributed by atoms with Crippen LogP contribution in [0.25, 0.3) is 25.1 Å². The van der Waals surface area contributed by atoms with Crippen LogP contribution in [0.4, 0.5) is 0 Å². The van der Waals surface area contributed by atoms with E-state index in [0.29, 0.717) is 0 Å². The van der Waals surface area contributed by atoms with Crippen molar-refractivity contribution in [2.24, 2.45) is 0 Å². The van der Waals surface area contributed by atoms with Crippen LogP contribution in [0.15, 0.2) is 78.9 Å². The smallest absolute Gasteiger partial charge is 0.187 e. The van der Waals surface area contributed by atoms with Gasteiger partial charge in [0, 0.05) is 21.2 Å². The van der Waals surface area contributed by atoms with Crippen molar-refractivity contribution in [1.82, 2.24) is 0 Å². The SMILES string of the molecule is [Cl-].c1ccc(-[s+]2c3ccccc3c3ccccc32)cc1. The number of fused-ring (bicyclic) bond motifs is 3. The van der Waals surface area contributed by atoms with Gasteiger partial charge in [-0.3, -0.25) is 0 Å². The Balaban J connectivity index is 0.00000121. The first-order valence-electron chi connectivity index (χ1n) is 6.43. The van der Waals surface area contributed by atoms with Gasteiger partial charge in [-0.1, -0.05) is 42.5 Å². The highest BCUT2D eigenvalue weighted by Crippen LogP contribution is 2.47. The number of thiophene rings is 1. The predicted octanol–water partition coefficient (Wildman–Crippen LogP) is 2.74. The van der Waals surface area contributed by atoms with Crippen molar-refractivity contribution >= 4 is 30.6 Å². The van der Waals surface area contributed by atoms with E-state index in [-0.39, 0.29) is 22.9 Å². The fourth-order valence-corrected chi connectivity index (χ4v) is 5.06. The van der Waals surface area contributed by atoms with Crippen molar-refractivity contribution in [2.45, 2.75) is 0 Å². The fraction of sp³-hybridized carbons (Fsp3) is 0. The fourth-order valence-electron chi connectivity index (χ4n) is 2.66. The average Bonchev–Trinajstić information content (AvgIpc) is 2.83. The van der Waals surface area contributed by atoms with Crippen molar-refractivity contribution < 1.29 is 12.4 Å². The third-order valence-electron chi connectivity index (χ3n) is 3.48. The molecule has 0 saturated heterocycles.